The topological polar surface area (TPSA) is 47.9 Å². The molecule has 6 heteroatoms. The predicted molar refractivity (Wildman–Crippen MR) is 145 cm³/mol. The highest BCUT2D eigenvalue weighted by atomic mass is 19.3. The highest BCUT2D eigenvalue weighted by Gasteiger charge is 2.52. The number of halogens is 2. The Labute approximate surface area is 219 Å². The summed E-state index contributed by atoms with van der Waals surface area (Å²) in [6, 6.07) is 11.7. The van der Waals surface area contributed by atoms with Crippen LogP contribution in [0.15, 0.2) is 48.8 Å². The third-order valence-corrected chi connectivity index (χ3v) is 7.15. The fourth-order valence-corrected chi connectivity index (χ4v) is 4.86. The fourth-order valence-electron chi connectivity index (χ4n) is 4.86. The molecule has 1 aromatic carbocycles. The number of nitrogens with zero attached hydrogens (tertiary/aromatic N) is 3. The minimum Gasteiger partial charge on any atom is -0.482 e. The average molecular weight is 508 g/mol. The first-order valence-electron chi connectivity index (χ1n) is 14.0. The molecule has 0 N–H and O–H groups in total. The van der Waals surface area contributed by atoms with Crippen molar-refractivity contribution in [3.63, 3.8) is 0 Å². The molecular weight excluding hydrogens is 468 g/mol. The monoisotopic (exact) mass is 507 g/mol. The van der Waals surface area contributed by atoms with E-state index in [2.05, 4.69) is 53.1 Å². The number of hydrogen-bond donors (Lipinski definition) is 0. The largest absolute Gasteiger partial charge is 0.482 e. The van der Waals surface area contributed by atoms with E-state index in [0.29, 0.717) is 17.9 Å². The first kappa shape index (κ1) is 27.2. The molecule has 1 unspecified atom stereocenters. The highest BCUT2D eigenvalue weighted by Crippen LogP contribution is 2.46. The number of rotatable bonds is 14. The molecule has 1 atom stereocenters. The van der Waals surface area contributed by atoms with Crippen LogP contribution in [-0.2, 0) is 12.3 Å². The Kier molecular flexibility index (Phi) is 9.59. The van der Waals surface area contributed by atoms with Crippen molar-refractivity contribution in [3.05, 3.63) is 60.0 Å². The van der Waals surface area contributed by atoms with Crippen molar-refractivity contribution >= 4 is 0 Å². The Bertz CT molecular complexity index is 1120. The van der Waals surface area contributed by atoms with E-state index in [1.165, 1.54) is 37.7 Å². The van der Waals surface area contributed by atoms with Crippen LogP contribution in [0.2, 0.25) is 0 Å². The first-order chi connectivity index (χ1) is 18.0. The number of aromatic nitrogens is 3. The van der Waals surface area contributed by atoms with Crippen molar-refractivity contribution in [2.45, 2.75) is 103 Å². The van der Waals surface area contributed by atoms with Gasteiger partial charge in [-0.1, -0.05) is 89.5 Å². The summed E-state index contributed by atoms with van der Waals surface area (Å²) in [4.78, 5) is 13.1. The molecule has 0 bridgehead atoms. The fraction of sp³-hybridized carbons (Fsp3) is 0.516. The maximum absolute atomic E-state index is 15.1. The summed E-state index contributed by atoms with van der Waals surface area (Å²) < 4.78 is 35.8. The molecule has 2 aromatic heterocycles. The Morgan fingerprint density at radius 3 is 2.08 bits per heavy atom. The van der Waals surface area contributed by atoms with Gasteiger partial charge in [0.05, 0.1) is 0 Å². The Balaban J connectivity index is 1.38. The predicted octanol–water partition coefficient (Wildman–Crippen LogP) is 8.93. The number of ether oxygens (including phenoxy) is 1. The standard InChI is InChI=1S/C31H39F2N3O/c1-3-5-7-9-11-13-23-15-17-24(18-16-23)25-21-34-30(35-22-25)26-19-20-27-29(36-26)31(32,33)28(37-27)14-12-10-8-6-4-2/h15-22,28H,3-14H2,1-2H3. The number of fused-ring (bicyclic) bond motifs is 1. The van der Waals surface area contributed by atoms with Crippen molar-refractivity contribution in [1.29, 1.82) is 0 Å². The van der Waals surface area contributed by atoms with Crippen LogP contribution in [0.5, 0.6) is 5.75 Å². The van der Waals surface area contributed by atoms with Crippen molar-refractivity contribution in [1.82, 2.24) is 15.0 Å². The van der Waals surface area contributed by atoms with Crippen LogP contribution in [0, 0.1) is 0 Å². The molecule has 3 heterocycles. The highest BCUT2D eigenvalue weighted by molar-refractivity contribution is 5.63. The number of alkyl halides is 2. The zero-order chi connectivity index (χ0) is 26.1. The third-order valence-electron chi connectivity index (χ3n) is 7.15. The van der Waals surface area contributed by atoms with Gasteiger partial charge in [-0.05, 0) is 48.9 Å². The van der Waals surface area contributed by atoms with Crippen LogP contribution in [0.4, 0.5) is 8.78 Å². The molecule has 0 aliphatic carbocycles. The van der Waals surface area contributed by atoms with Crippen molar-refractivity contribution in [2.24, 2.45) is 0 Å². The molecule has 4 rings (SSSR count). The number of pyridine rings is 1. The number of hydrogen-bond acceptors (Lipinski definition) is 4. The summed E-state index contributed by atoms with van der Waals surface area (Å²) >= 11 is 0. The van der Waals surface area contributed by atoms with E-state index in [0.717, 1.165) is 49.7 Å². The molecule has 1 aliphatic rings. The van der Waals surface area contributed by atoms with Gasteiger partial charge in [-0.25, -0.2) is 15.0 Å². The Morgan fingerprint density at radius 2 is 1.41 bits per heavy atom. The second-order valence-corrected chi connectivity index (χ2v) is 10.1. The summed E-state index contributed by atoms with van der Waals surface area (Å²) in [6.45, 7) is 4.37. The molecule has 3 aromatic rings. The summed E-state index contributed by atoms with van der Waals surface area (Å²) in [5.41, 5.74) is 3.28. The number of unbranched alkanes of at least 4 members (excludes halogenated alkanes) is 8. The van der Waals surface area contributed by atoms with Gasteiger partial charge in [-0.3, -0.25) is 0 Å². The molecule has 0 spiro atoms. The molecule has 4 nitrogen and oxygen atoms in total. The van der Waals surface area contributed by atoms with E-state index in [1.807, 2.05) is 0 Å². The van der Waals surface area contributed by atoms with Gasteiger partial charge >= 0.3 is 5.92 Å². The van der Waals surface area contributed by atoms with E-state index in [1.54, 1.807) is 24.5 Å². The lowest BCUT2D eigenvalue weighted by Gasteiger charge is -2.17. The van der Waals surface area contributed by atoms with Crippen LogP contribution in [0.1, 0.15) is 95.7 Å². The Hall–Kier alpha value is -2.89. The minimum absolute atomic E-state index is 0.161. The van der Waals surface area contributed by atoms with E-state index >= 15 is 8.78 Å². The number of aryl methyl sites for hydroxylation is 1. The van der Waals surface area contributed by atoms with Gasteiger partial charge in [-0.15, -0.1) is 0 Å². The smallest absolute Gasteiger partial charge is 0.329 e. The first-order valence-corrected chi connectivity index (χ1v) is 14.0. The SMILES string of the molecule is CCCCCCCc1ccc(-c2cnc(-c3ccc4c(n3)C(F)(F)C(CCCCCCC)O4)nc2)cc1. The minimum atomic E-state index is -3.12. The summed E-state index contributed by atoms with van der Waals surface area (Å²) in [5.74, 6) is -2.63. The van der Waals surface area contributed by atoms with Gasteiger partial charge in [0.2, 0.25) is 0 Å². The normalized spacial score (nSPS) is 15.9. The molecule has 0 fully saturated rings. The van der Waals surface area contributed by atoms with Crippen LogP contribution < -0.4 is 4.74 Å². The van der Waals surface area contributed by atoms with E-state index in [9.17, 15) is 0 Å². The average Bonchev–Trinajstić information content (AvgIpc) is 3.18. The van der Waals surface area contributed by atoms with E-state index in [-0.39, 0.29) is 11.4 Å². The summed E-state index contributed by atoms with van der Waals surface area (Å²) in [7, 11) is 0. The van der Waals surface area contributed by atoms with Crippen molar-refractivity contribution in [2.75, 3.05) is 0 Å². The molecule has 1 aliphatic heterocycles. The van der Waals surface area contributed by atoms with Gasteiger partial charge < -0.3 is 4.74 Å². The van der Waals surface area contributed by atoms with Gasteiger partial charge in [0.25, 0.3) is 0 Å². The van der Waals surface area contributed by atoms with Crippen LogP contribution in [0.3, 0.4) is 0 Å². The molecule has 0 amide bonds. The second-order valence-electron chi connectivity index (χ2n) is 10.1. The van der Waals surface area contributed by atoms with Gasteiger partial charge in [0, 0.05) is 18.0 Å². The van der Waals surface area contributed by atoms with Gasteiger partial charge in [-0.2, -0.15) is 8.78 Å². The second kappa shape index (κ2) is 13.1. The summed E-state index contributed by atoms with van der Waals surface area (Å²) in [5, 5.41) is 0. The third kappa shape index (κ3) is 6.91. The summed E-state index contributed by atoms with van der Waals surface area (Å²) in [6.07, 6.45) is 15.1. The zero-order valence-electron chi connectivity index (χ0n) is 22.2. The van der Waals surface area contributed by atoms with Crippen LogP contribution in [-0.4, -0.2) is 21.1 Å². The molecule has 37 heavy (non-hydrogen) atoms. The maximum Gasteiger partial charge on any atom is 0.329 e. The van der Waals surface area contributed by atoms with Gasteiger partial charge in [0.15, 0.2) is 17.6 Å². The zero-order valence-corrected chi connectivity index (χ0v) is 22.2. The Morgan fingerprint density at radius 1 is 0.757 bits per heavy atom. The molecule has 0 saturated heterocycles. The van der Waals surface area contributed by atoms with Gasteiger partial charge in [0.1, 0.15) is 11.4 Å². The van der Waals surface area contributed by atoms with Crippen molar-refractivity contribution in [3.8, 4) is 28.4 Å². The van der Waals surface area contributed by atoms with Crippen LogP contribution in [0.25, 0.3) is 22.6 Å². The lowest BCUT2D eigenvalue weighted by Crippen LogP contribution is -2.30. The molecular formula is C31H39F2N3O. The quantitative estimate of drug-likeness (QED) is 0.204. The van der Waals surface area contributed by atoms with E-state index in [4.69, 9.17) is 4.74 Å². The molecule has 198 valence electrons. The molecule has 0 radical (unpaired) electrons. The van der Waals surface area contributed by atoms with Crippen LogP contribution >= 0.6 is 0 Å². The number of benzene rings is 1. The van der Waals surface area contributed by atoms with Crippen molar-refractivity contribution < 1.29 is 13.5 Å². The lowest BCUT2D eigenvalue weighted by molar-refractivity contribution is -0.0818. The maximum atomic E-state index is 15.1. The molecule has 0 saturated carbocycles. The van der Waals surface area contributed by atoms with E-state index < -0.39 is 12.0 Å². The lowest BCUT2D eigenvalue weighted by atomic mass is 10.0.